The number of hydrogen-bond donors (Lipinski definition) is 2. The van der Waals surface area contributed by atoms with Gasteiger partial charge in [0.15, 0.2) is 23.1 Å². The van der Waals surface area contributed by atoms with Gasteiger partial charge in [0.05, 0.1) is 35.6 Å². The third-order valence-corrected chi connectivity index (χ3v) is 7.61. The van der Waals surface area contributed by atoms with Crippen LogP contribution < -0.4 is 23.7 Å². The highest BCUT2D eigenvalue weighted by atomic mass is 32.2. The summed E-state index contributed by atoms with van der Waals surface area (Å²) in [6, 6.07) is 10.6. The van der Waals surface area contributed by atoms with Crippen LogP contribution in [0.3, 0.4) is 0 Å². The van der Waals surface area contributed by atoms with Crippen LogP contribution in [0.25, 0.3) is 0 Å². The number of anilines is 2. The number of methoxy groups -OCH3 is 1. The van der Waals surface area contributed by atoms with Gasteiger partial charge >= 0.3 is 0 Å². The smallest absolute Gasteiger partial charge is 0.265 e. The van der Waals surface area contributed by atoms with Crippen molar-refractivity contribution < 1.29 is 39.8 Å². The van der Waals surface area contributed by atoms with E-state index in [1.54, 1.807) is 27.7 Å². The summed E-state index contributed by atoms with van der Waals surface area (Å²) in [6.45, 7) is 6.58. The summed E-state index contributed by atoms with van der Waals surface area (Å²) in [4.78, 5) is -1.00. The number of para-hydroxylation sites is 2. The number of benzene rings is 3. The van der Waals surface area contributed by atoms with E-state index in [9.17, 15) is 25.6 Å². The molecule has 0 aliphatic rings. The molecule has 0 aliphatic heterocycles. The molecule has 0 saturated carbocycles. The van der Waals surface area contributed by atoms with Crippen molar-refractivity contribution in [2.24, 2.45) is 0 Å². The van der Waals surface area contributed by atoms with Crippen LogP contribution in [0.15, 0.2) is 64.4 Å². The molecule has 3 aromatic rings. The Morgan fingerprint density at radius 1 is 0.711 bits per heavy atom. The molecule has 13 heteroatoms. The minimum Gasteiger partial charge on any atom is -0.495 e. The number of rotatable bonds is 11. The van der Waals surface area contributed by atoms with Gasteiger partial charge in [-0.3, -0.25) is 9.44 Å². The molecule has 0 amide bonds. The van der Waals surface area contributed by atoms with Crippen molar-refractivity contribution in [3.05, 3.63) is 66.2 Å². The Hall–Kier alpha value is -3.58. The van der Waals surface area contributed by atoms with E-state index < -0.39 is 53.7 Å². The minimum atomic E-state index is -4.52. The molecule has 0 spiro atoms. The molecule has 0 radical (unpaired) electrons. The molecule has 206 valence electrons. The first kappa shape index (κ1) is 29.0. The van der Waals surface area contributed by atoms with Gasteiger partial charge in [0.1, 0.15) is 10.6 Å². The first-order valence-electron chi connectivity index (χ1n) is 11.4. The standard InChI is InChI=1S/C25H28F2N2O7S2/c1-15(2)35-24-18(26)8-6-10-20(24)28-37(30,31)17-12-13-22(34-5)23(14-17)38(32,33)29-21-11-7-9-19(27)25(21)36-16(3)4/h6-16,28-29H,1-5H3. The highest BCUT2D eigenvalue weighted by Gasteiger charge is 2.27. The maximum absolute atomic E-state index is 14.4. The van der Waals surface area contributed by atoms with Crippen molar-refractivity contribution in [1.29, 1.82) is 0 Å². The number of hydrogen-bond acceptors (Lipinski definition) is 7. The van der Waals surface area contributed by atoms with E-state index in [0.717, 1.165) is 30.3 Å². The molecule has 0 saturated heterocycles. The van der Waals surface area contributed by atoms with E-state index >= 15 is 0 Å². The summed E-state index contributed by atoms with van der Waals surface area (Å²) in [6.07, 6.45) is -0.914. The molecule has 2 N–H and O–H groups in total. The topological polar surface area (TPSA) is 120 Å². The largest absolute Gasteiger partial charge is 0.495 e. The van der Waals surface area contributed by atoms with Crippen LogP contribution in [0.5, 0.6) is 17.2 Å². The summed E-state index contributed by atoms with van der Waals surface area (Å²) in [5.74, 6) is -2.37. The molecule has 0 unspecified atom stereocenters. The van der Waals surface area contributed by atoms with Crippen LogP contribution >= 0.6 is 0 Å². The lowest BCUT2D eigenvalue weighted by Crippen LogP contribution is -2.19. The zero-order valence-electron chi connectivity index (χ0n) is 21.3. The Kier molecular flexibility index (Phi) is 8.72. The molecule has 38 heavy (non-hydrogen) atoms. The lowest BCUT2D eigenvalue weighted by Gasteiger charge is -2.18. The summed E-state index contributed by atoms with van der Waals surface area (Å²) < 4.78 is 102. The van der Waals surface area contributed by atoms with Gasteiger partial charge in [-0.1, -0.05) is 12.1 Å². The van der Waals surface area contributed by atoms with Crippen molar-refractivity contribution in [2.45, 2.75) is 49.7 Å². The summed E-state index contributed by atoms with van der Waals surface area (Å²) in [5, 5.41) is 0. The van der Waals surface area contributed by atoms with Gasteiger partial charge in [0.25, 0.3) is 20.0 Å². The van der Waals surface area contributed by atoms with Crippen molar-refractivity contribution in [2.75, 3.05) is 16.6 Å². The molecule has 0 aliphatic carbocycles. The second kappa shape index (κ2) is 11.4. The molecule has 0 fully saturated rings. The first-order valence-corrected chi connectivity index (χ1v) is 14.4. The third-order valence-electron chi connectivity index (χ3n) is 4.86. The van der Waals surface area contributed by atoms with Gasteiger partial charge < -0.3 is 14.2 Å². The Balaban J connectivity index is 2.04. The molecule has 9 nitrogen and oxygen atoms in total. The van der Waals surface area contributed by atoms with Crippen molar-refractivity contribution >= 4 is 31.4 Å². The fourth-order valence-corrected chi connectivity index (χ4v) is 5.75. The summed E-state index contributed by atoms with van der Waals surface area (Å²) in [7, 11) is -7.74. The third kappa shape index (κ3) is 6.64. The number of halogens is 2. The quantitative estimate of drug-likeness (QED) is 0.327. The van der Waals surface area contributed by atoms with Crippen LogP contribution in [-0.2, 0) is 20.0 Å². The fourth-order valence-electron chi connectivity index (χ4n) is 3.33. The highest BCUT2D eigenvalue weighted by Crippen LogP contribution is 2.35. The van der Waals surface area contributed by atoms with Crippen molar-refractivity contribution in [3.8, 4) is 17.2 Å². The van der Waals surface area contributed by atoms with Gasteiger partial charge in [-0.25, -0.2) is 25.6 Å². The summed E-state index contributed by atoms with van der Waals surface area (Å²) in [5.41, 5.74) is -0.366. The minimum absolute atomic E-state index is 0.172. The van der Waals surface area contributed by atoms with Gasteiger partial charge in [-0.05, 0) is 70.2 Å². The molecule has 3 rings (SSSR count). The van der Waals surface area contributed by atoms with Crippen LogP contribution in [0.2, 0.25) is 0 Å². The van der Waals surface area contributed by atoms with E-state index in [0.29, 0.717) is 0 Å². The second-order valence-corrected chi connectivity index (χ2v) is 11.9. The van der Waals surface area contributed by atoms with E-state index in [2.05, 4.69) is 9.44 Å². The molecule has 0 heterocycles. The van der Waals surface area contributed by atoms with E-state index in [1.807, 2.05) is 0 Å². The molecule has 0 bridgehead atoms. The predicted octanol–water partition coefficient (Wildman–Crippen LogP) is 5.15. The van der Waals surface area contributed by atoms with Crippen LogP contribution in [0, 0.1) is 11.6 Å². The molecular weight excluding hydrogens is 542 g/mol. The molecule has 0 aromatic heterocycles. The van der Waals surface area contributed by atoms with E-state index in [1.165, 1.54) is 31.4 Å². The van der Waals surface area contributed by atoms with Gasteiger partial charge in [0, 0.05) is 0 Å². The molecule has 0 atom stereocenters. The Morgan fingerprint density at radius 3 is 1.63 bits per heavy atom. The second-order valence-electron chi connectivity index (χ2n) is 8.59. The zero-order chi connectivity index (χ0) is 28.3. The number of ether oxygens (including phenoxy) is 3. The first-order chi connectivity index (χ1) is 17.7. The lowest BCUT2D eigenvalue weighted by atomic mass is 10.3. The average Bonchev–Trinajstić information content (AvgIpc) is 2.82. The fraction of sp³-hybridized carbons (Fsp3) is 0.280. The lowest BCUT2D eigenvalue weighted by molar-refractivity contribution is 0.232. The van der Waals surface area contributed by atoms with Gasteiger partial charge in [-0.15, -0.1) is 0 Å². The van der Waals surface area contributed by atoms with E-state index in [4.69, 9.17) is 14.2 Å². The Morgan fingerprint density at radius 2 is 1.18 bits per heavy atom. The Labute approximate surface area is 220 Å². The van der Waals surface area contributed by atoms with Crippen molar-refractivity contribution in [1.82, 2.24) is 0 Å². The molecule has 3 aromatic carbocycles. The summed E-state index contributed by atoms with van der Waals surface area (Å²) >= 11 is 0. The number of nitrogens with one attached hydrogen (secondary N) is 2. The zero-order valence-corrected chi connectivity index (χ0v) is 22.9. The van der Waals surface area contributed by atoms with Gasteiger partial charge in [0.2, 0.25) is 0 Å². The maximum Gasteiger partial charge on any atom is 0.265 e. The van der Waals surface area contributed by atoms with Crippen molar-refractivity contribution in [3.63, 3.8) is 0 Å². The maximum atomic E-state index is 14.4. The SMILES string of the molecule is COc1ccc(S(=O)(=O)Nc2cccc(F)c2OC(C)C)cc1S(=O)(=O)Nc1cccc(F)c1OC(C)C. The monoisotopic (exact) mass is 570 g/mol. The van der Waals surface area contributed by atoms with Crippen LogP contribution in [-0.4, -0.2) is 36.2 Å². The Bertz CT molecular complexity index is 1530. The van der Waals surface area contributed by atoms with Gasteiger partial charge in [-0.2, -0.15) is 0 Å². The predicted molar refractivity (Wildman–Crippen MR) is 139 cm³/mol. The van der Waals surface area contributed by atoms with Crippen LogP contribution in [0.4, 0.5) is 20.2 Å². The normalized spacial score (nSPS) is 11.9. The van der Waals surface area contributed by atoms with Crippen LogP contribution in [0.1, 0.15) is 27.7 Å². The average molecular weight is 571 g/mol. The molecular formula is C25H28F2N2O7S2. The number of sulfonamides is 2. The highest BCUT2D eigenvalue weighted by molar-refractivity contribution is 7.93. The van der Waals surface area contributed by atoms with E-state index in [-0.39, 0.29) is 28.6 Å².